The van der Waals surface area contributed by atoms with E-state index in [-0.39, 0.29) is 11.5 Å². The number of likely N-dealkylation sites (N-methyl/N-ethyl adjacent to an activating group) is 1. The third-order valence-electron chi connectivity index (χ3n) is 3.79. The Labute approximate surface area is 140 Å². The van der Waals surface area contributed by atoms with Gasteiger partial charge in [0.25, 0.3) is 5.91 Å². The van der Waals surface area contributed by atoms with Crippen molar-refractivity contribution in [2.45, 2.75) is 0 Å². The number of amides is 3. The second kappa shape index (κ2) is 8.60. The standard InChI is InChI=1S/C16H23FN4O3/c1-18-15(22)13-7-12(3-4-14(13)17)20-16(23)19-8-11-9-21(2)5-6-24-10-11/h3-4,7,11H,5-6,8-10H2,1-2H3,(H,18,22)(H2,19,20,23). The summed E-state index contributed by atoms with van der Waals surface area (Å²) in [6, 6.07) is 3.45. The van der Waals surface area contributed by atoms with Crippen LogP contribution in [0.5, 0.6) is 0 Å². The van der Waals surface area contributed by atoms with E-state index in [2.05, 4.69) is 20.9 Å². The Morgan fingerprint density at radius 2 is 2.21 bits per heavy atom. The van der Waals surface area contributed by atoms with Crippen LogP contribution in [0.15, 0.2) is 18.2 Å². The van der Waals surface area contributed by atoms with E-state index in [0.717, 1.165) is 19.2 Å². The van der Waals surface area contributed by atoms with E-state index in [0.29, 0.717) is 25.4 Å². The van der Waals surface area contributed by atoms with E-state index in [1.54, 1.807) is 0 Å². The summed E-state index contributed by atoms with van der Waals surface area (Å²) in [6.07, 6.45) is 0. The maximum atomic E-state index is 13.6. The summed E-state index contributed by atoms with van der Waals surface area (Å²) in [5.41, 5.74) is 0.232. The molecule has 24 heavy (non-hydrogen) atoms. The van der Waals surface area contributed by atoms with Crippen LogP contribution in [0.3, 0.4) is 0 Å². The molecule has 1 atom stereocenters. The van der Waals surface area contributed by atoms with Crippen LogP contribution in [0.25, 0.3) is 0 Å². The first kappa shape index (κ1) is 18.2. The van der Waals surface area contributed by atoms with Gasteiger partial charge in [0.15, 0.2) is 0 Å². The molecule has 1 saturated heterocycles. The van der Waals surface area contributed by atoms with Gasteiger partial charge in [-0.1, -0.05) is 0 Å². The number of benzene rings is 1. The van der Waals surface area contributed by atoms with Crippen LogP contribution < -0.4 is 16.0 Å². The van der Waals surface area contributed by atoms with Gasteiger partial charge >= 0.3 is 6.03 Å². The van der Waals surface area contributed by atoms with Crippen molar-refractivity contribution in [2.75, 3.05) is 52.3 Å². The number of nitrogens with one attached hydrogen (secondary N) is 3. The second-order valence-electron chi connectivity index (χ2n) is 5.81. The molecule has 3 N–H and O–H groups in total. The number of halogens is 1. The average molecular weight is 338 g/mol. The average Bonchev–Trinajstić information content (AvgIpc) is 2.78. The number of urea groups is 1. The number of anilines is 1. The predicted octanol–water partition coefficient (Wildman–Crippen LogP) is 0.885. The van der Waals surface area contributed by atoms with E-state index in [4.69, 9.17) is 4.74 Å². The first-order valence-electron chi connectivity index (χ1n) is 7.82. The molecular formula is C16H23FN4O3. The summed E-state index contributed by atoms with van der Waals surface area (Å²) in [5, 5.41) is 7.73. The lowest BCUT2D eigenvalue weighted by atomic mass is 10.1. The zero-order valence-corrected chi connectivity index (χ0v) is 13.9. The van der Waals surface area contributed by atoms with Gasteiger partial charge in [-0.25, -0.2) is 9.18 Å². The Morgan fingerprint density at radius 1 is 1.42 bits per heavy atom. The molecule has 1 fully saturated rings. The molecule has 0 bridgehead atoms. The quantitative estimate of drug-likeness (QED) is 0.761. The molecule has 0 aromatic heterocycles. The number of ether oxygens (including phenoxy) is 1. The molecule has 2 rings (SSSR count). The minimum atomic E-state index is -0.640. The van der Waals surface area contributed by atoms with Crippen LogP contribution in [-0.4, -0.2) is 63.8 Å². The Hall–Kier alpha value is -2.19. The second-order valence-corrected chi connectivity index (χ2v) is 5.81. The molecule has 0 radical (unpaired) electrons. The van der Waals surface area contributed by atoms with Crippen LogP contribution >= 0.6 is 0 Å². The molecule has 1 unspecified atom stereocenters. The predicted molar refractivity (Wildman–Crippen MR) is 88.6 cm³/mol. The molecule has 0 saturated carbocycles. The normalized spacial score (nSPS) is 18.5. The fraction of sp³-hybridized carbons (Fsp3) is 0.500. The van der Waals surface area contributed by atoms with Crippen molar-refractivity contribution >= 4 is 17.6 Å². The summed E-state index contributed by atoms with van der Waals surface area (Å²) in [4.78, 5) is 25.7. The van der Waals surface area contributed by atoms with E-state index in [1.165, 1.54) is 19.2 Å². The van der Waals surface area contributed by atoms with E-state index >= 15 is 0 Å². The van der Waals surface area contributed by atoms with Crippen molar-refractivity contribution in [1.82, 2.24) is 15.5 Å². The van der Waals surface area contributed by atoms with Gasteiger partial charge in [-0.15, -0.1) is 0 Å². The largest absolute Gasteiger partial charge is 0.380 e. The van der Waals surface area contributed by atoms with E-state index in [9.17, 15) is 14.0 Å². The smallest absolute Gasteiger partial charge is 0.319 e. The molecular weight excluding hydrogens is 315 g/mol. The number of nitrogens with zero attached hydrogens (tertiary/aromatic N) is 1. The molecule has 7 nitrogen and oxygen atoms in total. The molecule has 3 amide bonds. The zero-order valence-electron chi connectivity index (χ0n) is 13.9. The number of rotatable bonds is 4. The van der Waals surface area contributed by atoms with Crippen LogP contribution in [0.1, 0.15) is 10.4 Å². The third kappa shape index (κ3) is 5.17. The Morgan fingerprint density at radius 3 is 2.96 bits per heavy atom. The summed E-state index contributed by atoms with van der Waals surface area (Å²) in [7, 11) is 3.43. The monoisotopic (exact) mass is 338 g/mol. The van der Waals surface area contributed by atoms with Gasteiger partial charge < -0.3 is 25.6 Å². The van der Waals surface area contributed by atoms with Crippen molar-refractivity contribution < 1.29 is 18.7 Å². The van der Waals surface area contributed by atoms with Crippen molar-refractivity contribution in [3.05, 3.63) is 29.6 Å². The third-order valence-corrected chi connectivity index (χ3v) is 3.79. The van der Waals surface area contributed by atoms with Gasteiger partial charge in [0.2, 0.25) is 0 Å². The highest BCUT2D eigenvalue weighted by molar-refractivity contribution is 5.96. The molecule has 1 aliphatic heterocycles. The number of hydrogen-bond donors (Lipinski definition) is 3. The highest BCUT2D eigenvalue weighted by Gasteiger charge is 2.17. The number of carbonyl (C=O) groups excluding carboxylic acids is 2. The fourth-order valence-corrected chi connectivity index (χ4v) is 2.50. The maximum absolute atomic E-state index is 13.6. The Kier molecular flexibility index (Phi) is 6.51. The van der Waals surface area contributed by atoms with Crippen LogP contribution in [0, 0.1) is 11.7 Å². The highest BCUT2D eigenvalue weighted by Crippen LogP contribution is 2.14. The van der Waals surface area contributed by atoms with Gasteiger partial charge in [-0.3, -0.25) is 4.79 Å². The van der Waals surface area contributed by atoms with Gasteiger partial charge in [-0.2, -0.15) is 0 Å². The lowest BCUT2D eigenvalue weighted by Gasteiger charge is -2.19. The van der Waals surface area contributed by atoms with Gasteiger partial charge in [0.1, 0.15) is 5.82 Å². The topological polar surface area (TPSA) is 82.7 Å². The number of carbonyl (C=O) groups is 2. The zero-order chi connectivity index (χ0) is 17.5. The van der Waals surface area contributed by atoms with Crippen molar-refractivity contribution in [3.8, 4) is 0 Å². The van der Waals surface area contributed by atoms with E-state index < -0.39 is 17.8 Å². The fourth-order valence-electron chi connectivity index (χ4n) is 2.50. The van der Waals surface area contributed by atoms with Crippen LogP contribution in [0.4, 0.5) is 14.9 Å². The molecule has 1 aromatic rings. The Bertz CT molecular complexity index is 597. The molecule has 0 aliphatic carbocycles. The summed E-state index contributed by atoms with van der Waals surface area (Å²) < 4.78 is 19.1. The lowest BCUT2D eigenvalue weighted by molar-refractivity contribution is 0.0959. The molecule has 0 spiro atoms. The number of hydrogen-bond acceptors (Lipinski definition) is 4. The molecule has 1 aromatic carbocycles. The van der Waals surface area contributed by atoms with E-state index in [1.807, 2.05) is 7.05 Å². The molecule has 8 heteroatoms. The maximum Gasteiger partial charge on any atom is 0.319 e. The van der Waals surface area contributed by atoms with Crippen molar-refractivity contribution in [2.24, 2.45) is 5.92 Å². The van der Waals surface area contributed by atoms with Gasteiger partial charge in [0.05, 0.1) is 18.8 Å². The van der Waals surface area contributed by atoms with Gasteiger partial charge in [-0.05, 0) is 25.2 Å². The van der Waals surface area contributed by atoms with Gasteiger partial charge in [0, 0.05) is 38.3 Å². The molecule has 1 aliphatic rings. The summed E-state index contributed by atoms with van der Waals surface area (Å²) in [6.45, 7) is 3.48. The summed E-state index contributed by atoms with van der Waals surface area (Å²) >= 11 is 0. The lowest BCUT2D eigenvalue weighted by Crippen LogP contribution is -2.37. The molecule has 132 valence electrons. The SMILES string of the molecule is CNC(=O)c1cc(NC(=O)NCC2COCCN(C)C2)ccc1F. The first-order valence-corrected chi connectivity index (χ1v) is 7.82. The Balaban J connectivity index is 1.89. The molecule has 1 heterocycles. The minimum absolute atomic E-state index is 0.117. The van der Waals surface area contributed by atoms with Crippen LogP contribution in [-0.2, 0) is 4.74 Å². The minimum Gasteiger partial charge on any atom is -0.380 e. The van der Waals surface area contributed by atoms with Crippen LogP contribution in [0.2, 0.25) is 0 Å². The highest BCUT2D eigenvalue weighted by atomic mass is 19.1. The summed E-state index contributed by atoms with van der Waals surface area (Å²) in [5.74, 6) is -0.980. The van der Waals surface area contributed by atoms with Crippen molar-refractivity contribution in [1.29, 1.82) is 0 Å². The first-order chi connectivity index (χ1) is 11.5. The van der Waals surface area contributed by atoms with Crippen molar-refractivity contribution in [3.63, 3.8) is 0 Å².